The highest BCUT2D eigenvalue weighted by Gasteiger charge is 2.07. The van der Waals surface area contributed by atoms with Gasteiger partial charge in [0.1, 0.15) is 5.75 Å². The fourth-order valence-corrected chi connectivity index (χ4v) is 1.11. The second-order valence-corrected chi connectivity index (χ2v) is 2.95. The summed E-state index contributed by atoms with van der Waals surface area (Å²) in [5.41, 5.74) is 4.45. The largest absolute Gasteiger partial charge is 0.508 e. The van der Waals surface area contributed by atoms with Gasteiger partial charge in [-0.3, -0.25) is 11.3 Å². The van der Waals surface area contributed by atoms with Gasteiger partial charge in [-0.05, 0) is 25.5 Å². The highest BCUT2D eigenvalue weighted by Crippen LogP contribution is 2.23. The van der Waals surface area contributed by atoms with E-state index in [9.17, 15) is 5.11 Å². The summed E-state index contributed by atoms with van der Waals surface area (Å²) < 4.78 is 0. The molecule has 1 atom stereocenters. The van der Waals surface area contributed by atoms with Gasteiger partial charge in [0.05, 0.1) is 0 Å². The number of phenolic OH excluding ortho intramolecular Hbond substituents is 1. The van der Waals surface area contributed by atoms with Crippen LogP contribution in [0.1, 0.15) is 24.1 Å². The fraction of sp³-hybridized carbons (Fsp3) is 0.333. The van der Waals surface area contributed by atoms with Crippen molar-refractivity contribution in [1.29, 1.82) is 0 Å². The van der Waals surface area contributed by atoms with Crippen LogP contribution in [0.4, 0.5) is 0 Å². The molecule has 0 bridgehead atoms. The molecule has 1 aromatic rings. The van der Waals surface area contributed by atoms with E-state index in [1.54, 1.807) is 6.07 Å². The van der Waals surface area contributed by atoms with Crippen molar-refractivity contribution < 1.29 is 5.11 Å². The number of nitrogens with two attached hydrogens (primary N) is 1. The van der Waals surface area contributed by atoms with Gasteiger partial charge in [-0.2, -0.15) is 0 Å². The van der Waals surface area contributed by atoms with Crippen LogP contribution >= 0.6 is 0 Å². The molecule has 1 rings (SSSR count). The van der Waals surface area contributed by atoms with Gasteiger partial charge in [0.25, 0.3) is 0 Å². The van der Waals surface area contributed by atoms with Gasteiger partial charge >= 0.3 is 0 Å². The van der Waals surface area contributed by atoms with Crippen LogP contribution in [0.15, 0.2) is 18.2 Å². The van der Waals surface area contributed by atoms with Gasteiger partial charge in [0.15, 0.2) is 0 Å². The van der Waals surface area contributed by atoms with Crippen molar-refractivity contribution in [3.63, 3.8) is 0 Å². The minimum atomic E-state index is -0.0226. The van der Waals surface area contributed by atoms with E-state index in [0.717, 1.165) is 11.1 Å². The van der Waals surface area contributed by atoms with E-state index in [2.05, 4.69) is 5.43 Å². The number of benzene rings is 1. The summed E-state index contributed by atoms with van der Waals surface area (Å²) in [4.78, 5) is 0. The standard InChI is InChI=1S/C9H14N2O/c1-6-3-4-8(7(2)11-10)9(12)5-6/h3-5,7,11-12H,10H2,1-2H3. The van der Waals surface area contributed by atoms with E-state index in [1.165, 1.54) is 0 Å². The van der Waals surface area contributed by atoms with Crippen LogP contribution in [0.2, 0.25) is 0 Å². The Hall–Kier alpha value is -1.06. The third kappa shape index (κ3) is 1.75. The minimum absolute atomic E-state index is 0.0226. The Kier molecular flexibility index (Phi) is 2.68. The van der Waals surface area contributed by atoms with Gasteiger partial charge < -0.3 is 5.11 Å². The van der Waals surface area contributed by atoms with Crippen molar-refractivity contribution in [3.8, 4) is 5.75 Å². The topological polar surface area (TPSA) is 58.3 Å². The Morgan fingerprint density at radius 3 is 2.67 bits per heavy atom. The lowest BCUT2D eigenvalue weighted by Crippen LogP contribution is -2.25. The number of hydrogen-bond donors (Lipinski definition) is 3. The number of hydrogen-bond acceptors (Lipinski definition) is 3. The van der Waals surface area contributed by atoms with E-state index >= 15 is 0 Å². The summed E-state index contributed by atoms with van der Waals surface area (Å²) in [5.74, 6) is 5.54. The van der Waals surface area contributed by atoms with Crippen molar-refractivity contribution in [3.05, 3.63) is 29.3 Å². The van der Waals surface area contributed by atoms with E-state index < -0.39 is 0 Å². The minimum Gasteiger partial charge on any atom is -0.508 e. The molecule has 0 aliphatic carbocycles. The van der Waals surface area contributed by atoms with Crippen LogP contribution in [0.5, 0.6) is 5.75 Å². The molecule has 0 spiro atoms. The molecule has 12 heavy (non-hydrogen) atoms. The zero-order chi connectivity index (χ0) is 9.14. The maximum absolute atomic E-state index is 9.50. The number of rotatable bonds is 2. The zero-order valence-electron chi connectivity index (χ0n) is 7.33. The first kappa shape index (κ1) is 9.03. The predicted molar refractivity (Wildman–Crippen MR) is 48.6 cm³/mol. The molecule has 66 valence electrons. The Balaban J connectivity index is 3.01. The summed E-state index contributed by atoms with van der Waals surface area (Å²) in [6, 6.07) is 5.52. The molecule has 0 aromatic heterocycles. The Labute approximate surface area is 72.2 Å². The average molecular weight is 166 g/mol. The van der Waals surface area contributed by atoms with Gasteiger partial charge in [0.2, 0.25) is 0 Å². The molecule has 0 saturated heterocycles. The number of aryl methyl sites for hydroxylation is 1. The molecule has 0 saturated carbocycles. The van der Waals surface area contributed by atoms with Gasteiger partial charge in [0, 0.05) is 11.6 Å². The van der Waals surface area contributed by atoms with Crippen LogP contribution in [0.25, 0.3) is 0 Å². The number of aromatic hydroxyl groups is 1. The maximum atomic E-state index is 9.50. The lowest BCUT2D eigenvalue weighted by atomic mass is 10.1. The summed E-state index contributed by atoms with van der Waals surface area (Å²) >= 11 is 0. The first-order chi connectivity index (χ1) is 5.65. The Morgan fingerprint density at radius 2 is 2.17 bits per heavy atom. The first-order valence-corrected chi connectivity index (χ1v) is 3.91. The number of hydrazine groups is 1. The normalized spacial score (nSPS) is 12.9. The first-order valence-electron chi connectivity index (χ1n) is 3.91. The van der Waals surface area contributed by atoms with Crippen LogP contribution < -0.4 is 11.3 Å². The Bertz CT molecular complexity index is 273. The van der Waals surface area contributed by atoms with Gasteiger partial charge in [-0.15, -0.1) is 0 Å². The van der Waals surface area contributed by atoms with Crippen LogP contribution in [0.3, 0.4) is 0 Å². The SMILES string of the molecule is Cc1ccc(C(C)NN)c(O)c1. The van der Waals surface area contributed by atoms with Crippen LogP contribution in [0, 0.1) is 6.92 Å². The summed E-state index contributed by atoms with van der Waals surface area (Å²) in [7, 11) is 0. The van der Waals surface area contributed by atoms with E-state index in [1.807, 2.05) is 26.0 Å². The highest BCUT2D eigenvalue weighted by molar-refractivity contribution is 5.37. The van der Waals surface area contributed by atoms with E-state index in [4.69, 9.17) is 5.84 Å². The van der Waals surface area contributed by atoms with E-state index in [0.29, 0.717) is 5.75 Å². The number of phenols is 1. The molecule has 3 nitrogen and oxygen atoms in total. The molecule has 3 heteroatoms. The lowest BCUT2D eigenvalue weighted by Gasteiger charge is -2.12. The average Bonchev–Trinajstić information content (AvgIpc) is 2.03. The third-order valence-electron chi connectivity index (χ3n) is 1.90. The van der Waals surface area contributed by atoms with Gasteiger partial charge in [-0.1, -0.05) is 12.1 Å². The van der Waals surface area contributed by atoms with Crippen molar-refractivity contribution in [2.75, 3.05) is 0 Å². The second-order valence-electron chi connectivity index (χ2n) is 2.95. The molecule has 0 aliphatic heterocycles. The second kappa shape index (κ2) is 3.56. The summed E-state index contributed by atoms with van der Waals surface area (Å²) in [6.07, 6.45) is 0. The van der Waals surface area contributed by atoms with Gasteiger partial charge in [-0.25, -0.2) is 0 Å². The van der Waals surface area contributed by atoms with Crippen molar-refractivity contribution in [2.45, 2.75) is 19.9 Å². The van der Waals surface area contributed by atoms with Crippen LogP contribution in [-0.2, 0) is 0 Å². The monoisotopic (exact) mass is 166 g/mol. The van der Waals surface area contributed by atoms with E-state index in [-0.39, 0.29) is 6.04 Å². The molecule has 1 aromatic carbocycles. The molecule has 0 radical (unpaired) electrons. The molecule has 4 N–H and O–H groups in total. The maximum Gasteiger partial charge on any atom is 0.120 e. The summed E-state index contributed by atoms with van der Waals surface area (Å²) in [6.45, 7) is 3.83. The highest BCUT2D eigenvalue weighted by atomic mass is 16.3. The molecule has 0 fully saturated rings. The zero-order valence-corrected chi connectivity index (χ0v) is 7.33. The molecule has 1 unspecified atom stereocenters. The molecule has 0 amide bonds. The quantitative estimate of drug-likeness (QED) is 0.457. The summed E-state index contributed by atoms with van der Waals surface area (Å²) in [5, 5.41) is 9.50. The molecular formula is C9H14N2O. The molecule has 0 aliphatic rings. The lowest BCUT2D eigenvalue weighted by molar-refractivity contribution is 0.454. The van der Waals surface area contributed by atoms with Crippen molar-refractivity contribution in [1.82, 2.24) is 5.43 Å². The predicted octanol–water partition coefficient (Wildman–Crippen LogP) is 1.22. The van der Waals surface area contributed by atoms with Crippen molar-refractivity contribution >= 4 is 0 Å². The third-order valence-corrected chi connectivity index (χ3v) is 1.90. The van der Waals surface area contributed by atoms with Crippen molar-refractivity contribution in [2.24, 2.45) is 5.84 Å². The number of nitrogens with one attached hydrogen (secondary N) is 1. The molecule has 0 heterocycles. The van der Waals surface area contributed by atoms with Crippen LogP contribution in [-0.4, -0.2) is 5.11 Å². The Morgan fingerprint density at radius 1 is 1.50 bits per heavy atom. The molecular weight excluding hydrogens is 152 g/mol. The fourth-order valence-electron chi connectivity index (χ4n) is 1.11. The smallest absolute Gasteiger partial charge is 0.120 e.